The normalized spacial score (nSPS) is 17.9. The van der Waals surface area contributed by atoms with Crippen LogP contribution in [0, 0.1) is 11.3 Å². The summed E-state index contributed by atoms with van der Waals surface area (Å²) < 4.78 is 1.86. The smallest absolute Gasteiger partial charge is 0.257 e. The number of rotatable bonds is 6. The third-order valence-corrected chi connectivity index (χ3v) is 8.74. The number of benzene rings is 2. The zero-order valence-corrected chi connectivity index (χ0v) is 22.8. The Morgan fingerprint density at radius 3 is 2.74 bits per heavy atom. The molecule has 9 heteroatoms. The van der Waals surface area contributed by atoms with Gasteiger partial charge in [-0.15, -0.1) is 11.3 Å². The van der Waals surface area contributed by atoms with Gasteiger partial charge in [0.2, 0.25) is 0 Å². The van der Waals surface area contributed by atoms with Crippen molar-refractivity contribution >= 4 is 22.4 Å². The number of hydrogen-bond donors (Lipinski definition) is 1. The van der Waals surface area contributed by atoms with Crippen molar-refractivity contribution in [3.05, 3.63) is 88.2 Å². The third kappa shape index (κ3) is 5.78. The quantitative estimate of drug-likeness (QED) is 0.395. The fourth-order valence-corrected chi connectivity index (χ4v) is 6.49. The fraction of sp³-hybridized carbons (Fsp3) is 0.333. The van der Waals surface area contributed by atoms with E-state index in [9.17, 15) is 4.79 Å². The number of nitrogens with one attached hydrogen (secondary N) is 1. The van der Waals surface area contributed by atoms with Crippen molar-refractivity contribution in [3.8, 4) is 17.2 Å². The van der Waals surface area contributed by atoms with Gasteiger partial charge in [0, 0.05) is 54.4 Å². The Balaban J connectivity index is 1.09. The highest BCUT2D eigenvalue weighted by molar-refractivity contribution is 7.15. The van der Waals surface area contributed by atoms with Crippen molar-refractivity contribution in [1.29, 1.82) is 5.26 Å². The minimum Gasteiger partial charge on any atom is -0.304 e. The molecule has 39 heavy (non-hydrogen) atoms. The summed E-state index contributed by atoms with van der Waals surface area (Å²) in [6.07, 6.45) is 6.93. The molecule has 0 bridgehead atoms. The Bertz CT molecular complexity index is 1510. The number of nitriles is 1. The van der Waals surface area contributed by atoms with Crippen LogP contribution in [0.3, 0.4) is 0 Å². The summed E-state index contributed by atoms with van der Waals surface area (Å²) in [5.41, 5.74) is 5.37. The van der Waals surface area contributed by atoms with E-state index in [1.165, 1.54) is 4.88 Å². The zero-order chi connectivity index (χ0) is 26.8. The molecule has 8 nitrogen and oxygen atoms in total. The van der Waals surface area contributed by atoms with Gasteiger partial charge >= 0.3 is 0 Å². The lowest BCUT2D eigenvalue weighted by Crippen LogP contribution is -2.50. The summed E-state index contributed by atoms with van der Waals surface area (Å²) in [5, 5.41) is 17.2. The summed E-state index contributed by atoms with van der Waals surface area (Å²) >= 11 is 1.62. The average Bonchev–Trinajstić information content (AvgIpc) is 3.60. The van der Waals surface area contributed by atoms with Gasteiger partial charge in [0.15, 0.2) is 5.13 Å². The number of carbonyl (C=O) groups is 1. The van der Waals surface area contributed by atoms with E-state index in [0.717, 1.165) is 67.8 Å². The van der Waals surface area contributed by atoms with Crippen molar-refractivity contribution in [2.45, 2.75) is 31.8 Å². The highest BCUT2D eigenvalue weighted by Crippen LogP contribution is 2.32. The van der Waals surface area contributed by atoms with E-state index in [2.05, 4.69) is 33.3 Å². The van der Waals surface area contributed by atoms with E-state index >= 15 is 0 Å². The van der Waals surface area contributed by atoms with Gasteiger partial charge < -0.3 is 4.90 Å². The Hall–Kier alpha value is -3.84. The maximum absolute atomic E-state index is 13.1. The highest BCUT2D eigenvalue weighted by atomic mass is 32.1. The second-order valence-electron chi connectivity index (χ2n) is 10.4. The summed E-state index contributed by atoms with van der Waals surface area (Å²) in [4.78, 5) is 24.2. The summed E-state index contributed by atoms with van der Waals surface area (Å²) in [6.45, 7) is 5.07. The number of fused-ring (bicyclic) bond motifs is 1. The van der Waals surface area contributed by atoms with Gasteiger partial charge in [-0.2, -0.15) is 10.4 Å². The number of nitrogens with zero attached hydrogens (tertiary/aromatic N) is 6. The van der Waals surface area contributed by atoms with E-state index in [-0.39, 0.29) is 5.91 Å². The van der Waals surface area contributed by atoms with Gasteiger partial charge in [0.1, 0.15) is 0 Å². The summed E-state index contributed by atoms with van der Waals surface area (Å²) in [5.74, 6) is -0.141. The first kappa shape index (κ1) is 25.4. The topological polar surface area (TPSA) is 90.1 Å². The van der Waals surface area contributed by atoms with Crippen molar-refractivity contribution in [1.82, 2.24) is 24.6 Å². The van der Waals surface area contributed by atoms with Crippen LogP contribution in [0.15, 0.2) is 60.9 Å². The zero-order valence-electron chi connectivity index (χ0n) is 22.0. The third-order valence-electron chi connectivity index (χ3n) is 7.70. The van der Waals surface area contributed by atoms with Gasteiger partial charge in [0.25, 0.3) is 5.91 Å². The maximum atomic E-state index is 13.1. The molecule has 4 aromatic rings. The van der Waals surface area contributed by atoms with E-state index in [0.29, 0.717) is 28.8 Å². The van der Waals surface area contributed by atoms with E-state index in [4.69, 9.17) is 10.2 Å². The predicted molar refractivity (Wildman–Crippen MR) is 153 cm³/mol. The molecule has 1 N–H and O–H groups in total. The lowest BCUT2D eigenvalue weighted by molar-refractivity contribution is 0.102. The van der Waals surface area contributed by atoms with Crippen LogP contribution in [-0.2, 0) is 19.4 Å². The van der Waals surface area contributed by atoms with Gasteiger partial charge in [0.05, 0.1) is 30.1 Å². The molecule has 6 rings (SSSR count). The molecule has 0 radical (unpaired) electrons. The Kier molecular flexibility index (Phi) is 7.24. The SMILES string of the molecule is CN1CCN(C2CCc3nc(NC(=O)c4cccc(Cn5cc(-c6ccc(C#N)cc6)cn5)c4)sc3C2)CC1. The molecule has 0 saturated carbocycles. The maximum Gasteiger partial charge on any atom is 0.257 e. The van der Waals surface area contributed by atoms with E-state index < -0.39 is 0 Å². The van der Waals surface area contributed by atoms with Crippen LogP contribution in [0.4, 0.5) is 5.13 Å². The van der Waals surface area contributed by atoms with Gasteiger partial charge in [-0.1, -0.05) is 24.3 Å². The second kappa shape index (κ2) is 11.1. The number of thiazole rings is 1. The molecule has 2 aromatic heterocycles. The number of carbonyl (C=O) groups excluding carboxylic acids is 1. The van der Waals surface area contributed by atoms with Crippen molar-refractivity contribution < 1.29 is 4.79 Å². The standard InChI is InChI=1S/C30H31N7OS/c1-35-11-13-36(14-12-35)26-9-10-27-28(16-26)39-30(33-27)34-29(38)24-4-2-3-22(15-24)19-37-20-25(18-32-37)23-7-5-21(17-31)6-8-23/h2-8,15,18,20,26H,9-14,16,19H2,1H3,(H,33,34,38). The van der Waals surface area contributed by atoms with E-state index in [1.807, 2.05) is 53.5 Å². The van der Waals surface area contributed by atoms with Crippen LogP contribution in [0.2, 0.25) is 0 Å². The lowest BCUT2D eigenvalue weighted by Gasteiger charge is -2.39. The number of amides is 1. The molecule has 1 atom stereocenters. The number of aryl methyl sites for hydroxylation is 1. The van der Waals surface area contributed by atoms with Gasteiger partial charge in [-0.05, 0) is 61.7 Å². The average molecular weight is 538 g/mol. The molecule has 1 amide bonds. The molecule has 3 heterocycles. The first-order chi connectivity index (χ1) is 19.0. The Morgan fingerprint density at radius 2 is 1.95 bits per heavy atom. The lowest BCUT2D eigenvalue weighted by atomic mass is 9.96. The molecule has 1 unspecified atom stereocenters. The molecule has 1 aliphatic heterocycles. The van der Waals surface area contributed by atoms with Crippen LogP contribution in [0.5, 0.6) is 0 Å². The first-order valence-corrected chi connectivity index (χ1v) is 14.2. The minimum absolute atomic E-state index is 0.141. The molecular weight excluding hydrogens is 506 g/mol. The Morgan fingerprint density at radius 1 is 1.13 bits per heavy atom. The van der Waals surface area contributed by atoms with Gasteiger partial charge in [-0.25, -0.2) is 4.98 Å². The predicted octanol–water partition coefficient (Wildman–Crippen LogP) is 4.28. The molecule has 1 fully saturated rings. The number of hydrogen-bond acceptors (Lipinski definition) is 7. The van der Waals surface area contributed by atoms with Crippen molar-refractivity contribution in [2.24, 2.45) is 0 Å². The molecular formula is C30H31N7OS. The molecule has 1 aliphatic carbocycles. The van der Waals surface area contributed by atoms with Crippen LogP contribution < -0.4 is 5.32 Å². The largest absolute Gasteiger partial charge is 0.304 e. The van der Waals surface area contributed by atoms with Crippen LogP contribution in [0.25, 0.3) is 11.1 Å². The number of piperazine rings is 1. The molecule has 2 aromatic carbocycles. The van der Waals surface area contributed by atoms with Gasteiger partial charge in [-0.3, -0.25) is 19.7 Å². The second-order valence-corrected chi connectivity index (χ2v) is 11.5. The first-order valence-electron chi connectivity index (χ1n) is 13.4. The fourth-order valence-electron chi connectivity index (χ4n) is 5.41. The number of aromatic nitrogens is 3. The van der Waals surface area contributed by atoms with Crippen molar-refractivity contribution in [3.63, 3.8) is 0 Å². The van der Waals surface area contributed by atoms with Crippen LogP contribution >= 0.6 is 11.3 Å². The molecule has 1 saturated heterocycles. The van der Waals surface area contributed by atoms with Crippen LogP contribution in [-0.4, -0.2) is 69.7 Å². The summed E-state index contributed by atoms with van der Waals surface area (Å²) in [6, 6.07) is 17.8. The monoisotopic (exact) mass is 537 g/mol. The molecule has 198 valence electrons. The molecule has 2 aliphatic rings. The van der Waals surface area contributed by atoms with E-state index in [1.54, 1.807) is 23.5 Å². The number of likely N-dealkylation sites (N-methyl/N-ethyl adjacent to an activating group) is 1. The summed E-state index contributed by atoms with van der Waals surface area (Å²) in [7, 11) is 2.19. The highest BCUT2D eigenvalue weighted by Gasteiger charge is 2.29. The van der Waals surface area contributed by atoms with Crippen LogP contribution in [0.1, 0.15) is 38.5 Å². The molecule has 0 spiro atoms. The Labute approximate surface area is 232 Å². The minimum atomic E-state index is -0.141. The van der Waals surface area contributed by atoms with Crippen molar-refractivity contribution in [2.75, 3.05) is 38.5 Å². The number of anilines is 1.